The SMILES string of the molecule is CC1CCCCC1C(C)(C)C1CCCCC1C. The quantitative estimate of drug-likeness (QED) is 0.580. The van der Waals surface area contributed by atoms with Crippen LogP contribution in [0.4, 0.5) is 0 Å². The van der Waals surface area contributed by atoms with Gasteiger partial charge in [-0.2, -0.15) is 0 Å². The van der Waals surface area contributed by atoms with Crippen molar-refractivity contribution in [2.75, 3.05) is 0 Å². The van der Waals surface area contributed by atoms with Gasteiger partial charge in [0.05, 0.1) is 0 Å². The van der Waals surface area contributed by atoms with Crippen LogP contribution in [0.3, 0.4) is 0 Å². The van der Waals surface area contributed by atoms with Crippen LogP contribution in [0.2, 0.25) is 0 Å². The highest BCUT2D eigenvalue weighted by atomic mass is 14.5. The third kappa shape index (κ3) is 2.71. The highest BCUT2D eigenvalue weighted by molar-refractivity contribution is 4.92. The molecule has 0 spiro atoms. The summed E-state index contributed by atoms with van der Waals surface area (Å²) in [4.78, 5) is 0. The summed E-state index contributed by atoms with van der Waals surface area (Å²) in [6, 6.07) is 0. The van der Waals surface area contributed by atoms with Crippen molar-refractivity contribution in [3.63, 3.8) is 0 Å². The summed E-state index contributed by atoms with van der Waals surface area (Å²) in [5, 5.41) is 0. The minimum atomic E-state index is 0.583. The molecule has 0 heterocycles. The highest BCUT2D eigenvalue weighted by Crippen LogP contribution is 2.51. The second-order valence-corrected chi connectivity index (χ2v) is 7.56. The molecule has 2 rings (SSSR count). The third-order valence-corrected chi connectivity index (χ3v) is 6.13. The summed E-state index contributed by atoms with van der Waals surface area (Å²) < 4.78 is 0. The van der Waals surface area contributed by atoms with Crippen LogP contribution in [0, 0.1) is 29.1 Å². The first kappa shape index (κ1) is 13.4. The van der Waals surface area contributed by atoms with Gasteiger partial charge >= 0.3 is 0 Å². The molecule has 4 atom stereocenters. The summed E-state index contributed by atoms with van der Waals surface area (Å²) in [6.07, 6.45) is 11.9. The Morgan fingerprint density at radius 2 is 1.00 bits per heavy atom. The predicted molar refractivity (Wildman–Crippen MR) is 76.0 cm³/mol. The summed E-state index contributed by atoms with van der Waals surface area (Å²) in [5.74, 6) is 3.91. The minimum absolute atomic E-state index is 0.583. The Morgan fingerprint density at radius 1 is 0.647 bits per heavy atom. The average Bonchev–Trinajstić information content (AvgIpc) is 2.29. The average molecular weight is 236 g/mol. The minimum Gasteiger partial charge on any atom is -0.0622 e. The highest BCUT2D eigenvalue weighted by Gasteiger charge is 2.43. The van der Waals surface area contributed by atoms with Crippen molar-refractivity contribution < 1.29 is 0 Å². The van der Waals surface area contributed by atoms with E-state index in [1.54, 1.807) is 0 Å². The van der Waals surface area contributed by atoms with Crippen molar-refractivity contribution in [1.29, 1.82) is 0 Å². The summed E-state index contributed by atoms with van der Waals surface area (Å²) >= 11 is 0. The maximum Gasteiger partial charge on any atom is -0.0293 e. The first-order valence-corrected chi connectivity index (χ1v) is 8.03. The maximum absolute atomic E-state index is 2.59. The van der Waals surface area contributed by atoms with E-state index in [0.717, 1.165) is 23.7 Å². The molecule has 2 saturated carbocycles. The fourth-order valence-electron chi connectivity index (χ4n) is 5.12. The maximum atomic E-state index is 2.59. The second kappa shape index (κ2) is 5.33. The van der Waals surface area contributed by atoms with E-state index in [2.05, 4.69) is 27.7 Å². The third-order valence-electron chi connectivity index (χ3n) is 6.13. The van der Waals surface area contributed by atoms with E-state index in [4.69, 9.17) is 0 Å². The second-order valence-electron chi connectivity index (χ2n) is 7.56. The van der Waals surface area contributed by atoms with Crippen molar-refractivity contribution in [2.45, 2.75) is 79.1 Å². The first-order valence-electron chi connectivity index (χ1n) is 8.03. The Bertz CT molecular complexity index is 216. The van der Waals surface area contributed by atoms with Crippen LogP contribution in [-0.4, -0.2) is 0 Å². The molecule has 0 amide bonds. The lowest BCUT2D eigenvalue weighted by Crippen LogP contribution is -2.41. The molecular weight excluding hydrogens is 204 g/mol. The van der Waals surface area contributed by atoms with E-state index in [1.807, 2.05) is 0 Å². The van der Waals surface area contributed by atoms with Gasteiger partial charge in [0.2, 0.25) is 0 Å². The molecule has 0 heteroatoms. The molecule has 0 radical (unpaired) electrons. The zero-order chi connectivity index (χ0) is 12.5. The Balaban J connectivity index is 2.09. The van der Waals surface area contributed by atoms with Crippen LogP contribution in [0.15, 0.2) is 0 Å². The number of hydrogen-bond acceptors (Lipinski definition) is 0. The van der Waals surface area contributed by atoms with Crippen molar-refractivity contribution in [3.05, 3.63) is 0 Å². The Morgan fingerprint density at radius 3 is 1.35 bits per heavy atom. The summed E-state index contributed by atoms with van der Waals surface area (Å²) in [6.45, 7) is 10.2. The molecule has 2 aliphatic rings. The van der Waals surface area contributed by atoms with E-state index >= 15 is 0 Å². The van der Waals surface area contributed by atoms with Crippen molar-refractivity contribution in [3.8, 4) is 0 Å². The van der Waals surface area contributed by atoms with Crippen molar-refractivity contribution >= 4 is 0 Å². The van der Waals surface area contributed by atoms with Gasteiger partial charge in [-0.1, -0.05) is 66.2 Å². The van der Waals surface area contributed by atoms with Gasteiger partial charge in [0.15, 0.2) is 0 Å². The lowest BCUT2D eigenvalue weighted by molar-refractivity contribution is 0.000977. The smallest absolute Gasteiger partial charge is 0.0293 e. The van der Waals surface area contributed by atoms with Gasteiger partial charge in [0.25, 0.3) is 0 Å². The van der Waals surface area contributed by atoms with E-state index in [0.29, 0.717) is 5.41 Å². The van der Waals surface area contributed by atoms with Crippen LogP contribution in [0.1, 0.15) is 79.1 Å². The van der Waals surface area contributed by atoms with E-state index in [9.17, 15) is 0 Å². The van der Waals surface area contributed by atoms with Crippen molar-refractivity contribution in [1.82, 2.24) is 0 Å². The first-order chi connectivity index (χ1) is 8.03. The zero-order valence-electron chi connectivity index (χ0n) is 12.5. The fraction of sp³-hybridized carbons (Fsp3) is 1.00. The molecule has 0 nitrogen and oxygen atoms in total. The zero-order valence-corrected chi connectivity index (χ0v) is 12.5. The van der Waals surface area contributed by atoms with Crippen LogP contribution >= 0.6 is 0 Å². The van der Waals surface area contributed by atoms with Gasteiger partial charge < -0.3 is 0 Å². The molecule has 2 aliphatic carbocycles. The Hall–Kier alpha value is 0. The van der Waals surface area contributed by atoms with Gasteiger partial charge in [-0.15, -0.1) is 0 Å². The van der Waals surface area contributed by atoms with Crippen LogP contribution < -0.4 is 0 Å². The molecule has 17 heavy (non-hydrogen) atoms. The molecule has 0 aromatic carbocycles. The molecule has 0 aromatic heterocycles. The topological polar surface area (TPSA) is 0 Å². The largest absolute Gasteiger partial charge is 0.0622 e. The number of hydrogen-bond donors (Lipinski definition) is 0. The molecule has 0 bridgehead atoms. The Kier molecular flexibility index (Phi) is 4.21. The van der Waals surface area contributed by atoms with Crippen LogP contribution in [0.5, 0.6) is 0 Å². The standard InChI is InChI=1S/C17H32/c1-13-9-5-7-11-15(13)17(3,4)16-12-8-6-10-14(16)2/h13-16H,5-12H2,1-4H3. The molecule has 4 unspecified atom stereocenters. The molecule has 0 aliphatic heterocycles. The fourth-order valence-corrected chi connectivity index (χ4v) is 5.12. The normalized spacial score (nSPS) is 40.2. The van der Waals surface area contributed by atoms with E-state index in [1.165, 1.54) is 51.4 Å². The van der Waals surface area contributed by atoms with Gasteiger partial charge in [-0.3, -0.25) is 0 Å². The molecule has 100 valence electrons. The van der Waals surface area contributed by atoms with Gasteiger partial charge in [-0.25, -0.2) is 0 Å². The molecule has 0 saturated heterocycles. The predicted octanol–water partition coefficient (Wildman–Crippen LogP) is 5.67. The van der Waals surface area contributed by atoms with Gasteiger partial charge in [0, 0.05) is 0 Å². The van der Waals surface area contributed by atoms with Crippen LogP contribution in [-0.2, 0) is 0 Å². The van der Waals surface area contributed by atoms with E-state index in [-0.39, 0.29) is 0 Å². The lowest BCUT2D eigenvalue weighted by atomic mass is 9.56. The van der Waals surface area contributed by atoms with Crippen LogP contribution in [0.25, 0.3) is 0 Å². The van der Waals surface area contributed by atoms with Crippen molar-refractivity contribution in [2.24, 2.45) is 29.1 Å². The van der Waals surface area contributed by atoms with Gasteiger partial charge in [-0.05, 0) is 41.9 Å². The molecule has 0 N–H and O–H groups in total. The molecular formula is C17H32. The summed E-state index contributed by atoms with van der Waals surface area (Å²) in [5.41, 5.74) is 0.583. The monoisotopic (exact) mass is 236 g/mol. The van der Waals surface area contributed by atoms with E-state index < -0.39 is 0 Å². The lowest BCUT2D eigenvalue weighted by Gasteiger charge is -2.49. The molecule has 0 aromatic rings. The van der Waals surface area contributed by atoms with Gasteiger partial charge in [0.1, 0.15) is 0 Å². The summed E-state index contributed by atoms with van der Waals surface area (Å²) in [7, 11) is 0. The molecule has 2 fully saturated rings. The Labute approximate surface area is 109 Å². The number of rotatable bonds is 2.